The second-order valence-electron chi connectivity index (χ2n) is 7.09. The molecule has 0 N–H and O–H groups in total. The third-order valence-electron chi connectivity index (χ3n) is 5.32. The zero-order valence-corrected chi connectivity index (χ0v) is 16.9. The Labute approximate surface area is 170 Å². The van der Waals surface area contributed by atoms with Crippen LogP contribution in [0, 0.1) is 19.7 Å². The highest BCUT2D eigenvalue weighted by atomic mass is 19.1. The van der Waals surface area contributed by atoms with Gasteiger partial charge in [-0.15, -0.1) is 0 Å². The molecule has 0 atom stereocenters. The molecule has 0 saturated carbocycles. The van der Waals surface area contributed by atoms with Crippen LogP contribution in [0.25, 0.3) is 11.5 Å². The lowest BCUT2D eigenvalue weighted by Crippen LogP contribution is -2.47. The van der Waals surface area contributed by atoms with E-state index in [2.05, 4.69) is 26.7 Å². The van der Waals surface area contributed by atoms with Gasteiger partial charge in [-0.1, -0.05) is 6.07 Å². The Hall–Kier alpha value is -3.22. The number of piperazine rings is 1. The minimum Gasteiger partial charge on any atom is -0.494 e. The van der Waals surface area contributed by atoms with Crippen molar-refractivity contribution in [2.75, 3.05) is 43.1 Å². The molecule has 1 aliphatic rings. The lowest BCUT2D eigenvalue weighted by atomic mass is 10.2. The number of aryl methyl sites for hydroxylation is 1. The van der Waals surface area contributed by atoms with Crippen LogP contribution in [-0.4, -0.2) is 48.2 Å². The average Bonchev–Trinajstić information content (AvgIpc) is 2.76. The number of aromatic nitrogens is 3. The molecule has 1 saturated heterocycles. The highest BCUT2D eigenvalue weighted by molar-refractivity contribution is 5.61. The molecule has 0 unspecified atom stereocenters. The normalized spacial score (nSPS) is 14.2. The Kier molecular flexibility index (Phi) is 5.29. The quantitative estimate of drug-likeness (QED) is 0.675. The topological polar surface area (TPSA) is 54.4 Å². The molecule has 4 rings (SSSR count). The van der Waals surface area contributed by atoms with Gasteiger partial charge in [-0.3, -0.25) is 4.98 Å². The van der Waals surface area contributed by atoms with Gasteiger partial charge in [-0.25, -0.2) is 14.4 Å². The molecule has 6 nitrogen and oxygen atoms in total. The molecule has 29 heavy (non-hydrogen) atoms. The molecule has 7 heteroatoms. The first-order valence-corrected chi connectivity index (χ1v) is 9.67. The maximum atomic E-state index is 13.5. The standard InChI is InChI=1S/C22H24FN5O/c1-15-16(2)25-21(18-6-4-5-9-24-18)26-22(15)28-12-10-27(11-13-28)19-8-7-17(23)14-20(19)29-3/h4-9,14H,10-13H2,1-3H3. The van der Waals surface area contributed by atoms with Crippen LogP contribution in [0.4, 0.5) is 15.9 Å². The number of pyridine rings is 1. The monoisotopic (exact) mass is 393 g/mol. The summed E-state index contributed by atoms with van der Waals surface area (Å²) in [5.74, 6) is 1.86. The van der Waals surface area contributed by atoms with E-state index in [1.807, 2.05) is 25.1 Å². The van der Waals surface area contributed by atoms with Crippen molar-refractivity contribution in [1.29, 1.82) is 0 Å². The van der Waals surface area contributed by atoms with Gasteiger partial charge in [0, 0.05) is 49.7 Å². The number of ether oxygens (including phenoxy) is 1. The van der Waals surface area contributed by atoms with Crippen molar-refractivity contribution in [1.82, 2.24) is 15.0 Å². The van der Waals surface area contributed by atoms with Crippen LogP contribution in [0.1, 0.15) is 11.3 Å². The van der Waals surface area contributed by atoms with E-state index in [9.17, 15) is 4.39 Å². The summed E-state index contributed by atoms with van der Waals surface area (Å²) >= 11 is 0. The molecular weight excluding hydrogens is 369 g/mol. The van der Waals surface area contributed by atoms with E-state index in [1.165, 1.54) is 12.1 Å². The summed E-state index contributed by atoms with van der Waals surface area (Å²) in [5.41, 5.74) is 3.72. The van der Waals surface area contributed by atoms with Gasteiger partial charge in [0.25, 0.3) is 0 Å². The molecule has 3 heterocycles. The van der Waals surface area contributed by atoms with Gasteiger partial charge in [0.15, 0.2) is 5.82 Å². The summed E-state index contributed by atoms with van der Waals surface area (Å²) in [4.78, 5) is 18.3. The van der Waals surface area contributed by atoms with Gasteiger partial charge in [0.1, 0.15) is 23.1 Å². The number of hydrogen-bond acceptors (Lipinski definition) is 6. The predicted octanol–water partition coefficient (Wildman–Crippen LogP) is 3.63. The Bertz CT molecular complexity index is 1000. The zero-order valence-electron chi connectivity index (χ0n) is 16.9. The fraction of sp³-hybridized carbons (Fsp3) is 0.318. The summed E-state index contributed by atoms with van der Waals surface area (Å²) in [5, 5.41) is 0. The minimum atomic E-state index is -0.293. The fourth-order valence-electron chi connectivity index (χ4n) is 3.60. The largest absolute Gasteiger partial charge is 0.494 e. The van der Waals surface area contributed by atoms with Crippen LogP contribution < -0.4 is 14.5 Å². The third-order valence-corrected chi connectivity index (χ3v) is 5.32. The summed E-state index contributed by atoms with van der Waals surface area (Å²) in [6.07, 6.45) is 1.75. The summed E-state index contributed by atoms with van der Waals surface area (Å²) < 4.78 is 18.9. The average molecular weight is 393 g/mol. The molecule has 0 bridgehead atoms. The van der Waals surface area contributed by atoms with Crippen molar-refractivity contribution in [3.05, 3.63) is 59.7 Å². The van der Waals surface area contributed by atoms with Gasteiger partial charge in [0.05, 0.1) is 12.8 Å². The first-order valence-electron chi connectivity index (χ1n) is 9.67. The molecule has 0 amide bonds. The van der Waals surface area contributed by atoms with Crippen molar-refractivity contribution >= 4 is 11.5 Å². The molecular formula is C22H24FN5O. The number of benzene rings is 1. The molecule has 1 aromatic carbocycles. The van der Waals surface area contributed by atoms with Crippen molar-refractivity contribution in [3.63, 3.8) is 0 Å². The van der Waals surface area contributed by atoms with E-state index >= 15 is 0 Å². The number of methoxy groups -OCH3 is 1. The SMILES string of the molecule is COc1cc(F)ccc1N1CCN(c2nc(-c3ccccn3)nc(C)c2C)CC1. The maximum absolute atomic E-state index is 13.5. The third kappa shape index (κ3) is 3.85. The van der Waals surface area contributed by atoms with E-state index in [4.69, 9.17) is 9.72 Å². The van der Waals surface area contributed by atoms with Crippen molar-refractivity contribution in [3.8, 4) is 17.3 Å². The summed E-state index contributed by atoms with van der Waals surface area (Å²) in [6, 6.07) is 10.4. The van der Waals surface area contributed by atoms with Crippen molar-refractivity contribution in [2.24, 2.45) is 0 Å². The van der Waals surface area contributed by atoms with E-state index < -0.39 is 0 Å². The molecule has 2 aromatic heterocycles. The molecule has 1 fully saturated rings. The van der Waals surface area contributed by atoms with Crippen LogP contribution in [-0.2, 0) is 0 Å². The second kappa shape index (κ2) is 8.03. The van der Waals surface area contributed by atoms with Gasteiger partial charge < -0.3 is 14.5 Å². The van der Waals surface area contributed by atoms with Gasteiger partial charge in [0.2, 0.25) is 0 Å². The minimum absolute atomic E-state index is 0.293. The van der Waals surface area contributed by atoms with E-state index in [0.717, 1.165) is 54.6 Å². The van der Waals surface area contributed by atoms with Crippen molar-refractivity contribution < 1.29 is 9.13 Å². The predicted molar refractivity (Wildman–Crippen MR) is 112 cm³/mol. The molecule has 1 aliphatic heterocycles. The Morgan fingerprint density at radius 2 is 1.72 bits per heavy atom. The van der Waals surface area contributed by atoms with E-state index in [0.29, 0.717) is 11.6 Å². The first kappa shape index (κ1) is 19.1. The summed E-state index contributed by atoms with van der Waals surface area (Å²) in [7, 11) is 1.57. The van der Waals surface area contributed by atoms with Crippen LogP contribution in [0.3, 0.4) is 0 Å². The van der Waals surface area contributed by atoms with Crippen LogP contribution in [0.15, 0.2) is 42.6 Å². The second-order valence-corrected chi connectivity index (χ2v) is 7.09. The number of anilines is 2. The lowest BCUT2D eigenvalue weighted by molar-refractivity contribution is 0.410. The molecule has 0 aliphatic carbocycles. The van der Waals surface area contributed by atoms with Gasteiger partial charge in [-0.05, 0) is 38.1 Å². The molecule has 3 aromatic rings. The fourth-order valence-corrected chi connectivity index (χ4v) is 3.60. The zero-order chi connectivity index (χ0) is 20.4. The van der Waals surface area contributed by atoms with E-state index in [1.54, 1.807) is 19.4 Å². The lowest BCUT2D eigenvalue weighted by Gasteiger charge is -2.38. The number of nitrogens with zero attached hydrogens (tertiary/aromatic N) is 5. The Morgan fingerprint density at radius 1 is 0.966 bits per heavy atom. The highest BCUT2D eigenvalue weighted by Crippen LogP contribution is 2.31. The van der Waals surface area contributed by atoms with Gasteiger partial charge in [-0.2, -0.15) is 0 Å². The van der Waals surface area contributed by atoms with Crippen LogP contribution in [0.5, 0.6) is 5.75 Å². The first-order chi connectivity index (χ1) is 14.1. The summed E-state index contributed by atoms with van der Waals surface area (Å²) in [6.45, 7) is 7.26. The number of hydrogen-bond donors (Lipinski definition) is 0. The van der Waals surface area contributed by atoms with E-state index in [-0.39, 0.29) is 5.82 Å². The van der Waals surface area contributed by atoms with Crippen molar-refractivity contribution in [2.45, 2.75) is 13.8 Å². The van der Waals surface area contributed by atoms with Crippen LogP contribution in [0.2, 0.25) is 0 Å². The number of halogens is 1. The molecule has 0 spiro atoms. The smallest absolute Gasteiger partial charge is 0.180 e. The van der Waals surface area contributed by atoms with Crippen LogP contribution >= 0.6 is 0 Å². The Morgan fingerprint density at radius 3 is 2.41 bits per heavy atom. The highest BCUT2D eigenvalue weighted by Gasteiger charge is 2.23. The Balaban J connectivity index is 1.57. The van der Waals surface area contributed by atoms with Gasteiger partial charge >= 0.3 is 0 Å². The maximum Gasteiger partial charge on any atom is 0.180 e. The molecule has 150 valence electrons. The number of rotatable bonds is 4. The molecule has 0 radical (unpaired) electrons.